The average molecular weight is 291 g/mol. The number of rotatable bonds is 2. The summed E-state index contributed by atoms with van der Waals surface area (Å²) in [5.41, 5.74) is 4.82. The second-order valence-corrected chi connectivity index (χ2v) is 7.97. The summed E-state index contributed by atoms with van der Waals surface area (Å²) in [5.74, 6) is 0. The maximum Gasteiger partial charge on any atom is 0.234 e. The minimum atomic E-state index is 0.115. The number of hydrogen-bond acceptors (Lipinski definition) is 1. The van der Waals surface area contributed by atoms with Crippen LogP contribution in [0.4, 0.5) is 11.4 Å². The molecule has 2 heteroatoms. The molecule has 0 unspecified atom stereocenters. The molecule has 2 radical (unpaired) electrons. The Bertz CT molecular complexity index is 590. The van der Waals surface area contributed by atoms with Crippen molar-refractivity contribution in [2.45, 2.75) is 52.4 Å². The van der Waals surface area contributed by atoms with Gasteiger partial charge in [-0.05, 0) is 46.2 Å². The van der Waals surface area contributed by atoms with Gasteiger partial charge in [0.25, 0.3) is 0 Å². The van der Waals surface area contributed by atoms with Gasteiger partial charge in [-0.3, -0.25) is 0 Å². The molecule has 0 saturated carbocycles. The summed E-state index contributed by atoms with van der Waals surface area (Å²) in [6.07, 6.45) is 0. The molecule has 1 nitrogen and oxygen atoms in total. The molecule has 22 heavy (non-hydrogen) atoms. The van der Waals surface area contributed by atoms with Gasteiger partial charge in [0.15, 0.2) is 0 Å². The summed E-state index contributed by atoms with van der Waals surface area (Å²) < 4.78 is 0. The van der Waals surface area contributed by atoms with Gasteiger partial charge in [0.05, 0.1) is 0 Å². The molecule has 2 rings (SSSR count). The van der Waals surface area contributed by atoms with Crippen molar-refractivity contribution in [3.63, 3.8) is 0 Å². The molecule has 0 atom stereocenters. The molecule has 0 aromatic heterocycles. The van der Waals surface area contributed by atoms with Crippen LogP contribution >= 0.6 is 0 Å². The Labute approximate surface area is 136 Å². The van der Waals surface area contributed by atoms with E-state index in [1.807, 2.05) is 0 Å². The van der Waals surface area contributed by atoms with Crippen molar-refractivity contribution in [1.29, 1.82) is 0 Å². The van der Waals surface area contributed by atoms with Crippen LogP contribution in [-0.4, -0.2) is 7.98 Å². The summed E-state index contributed by atoms with van der Waals surface area (Å²) in [6.45, 7) is 13.3. The first-order chi connectivity index (χ1) is 10.1. The van der Waals surface area contributed by atoms with Crippen LogP contribution in [0.25, 0.3) is 0 Å². The van der Waals surface area contributed by atoms with Crippen LogP contribution in [0.5, 0.6) is 0 Å². The standard InChI is InChI=1S/C20H26BN/c1-19(2,3)15-9-7-11-17(13-15)22(21)18-12-8-10-16(14-18)20(4,5)6/h7-14H,1-6H3. The van der Waals surface area contributed by atoms with E-state index in [0.717, 1.165) is 11.4 Å². The van der Waals surface area contributed by atoms with Gasteiger partial charge < -0.3 is 4.81 Å². The lowest BCUT2D eigenvalue weighted by Gasteiger charge is -2.27. The van der Waals surface area contributed by atoms with E-state index >= 15 is 0 Å². The van der Waals surface area contributed by atoms with E-state index in [9.17, 15) is 0 Å². The molecule has 0 bridgehead atoms. The van der Waals surface area contributed by atoms with E-state index in [1.54, 1.807) is 4.81 Å². The minimum absolute atomic E-state index is 0.115. The zero-order valence-corrected chi connectivity index (χ0v) is 14.6. The predicted molar refractivity (Wildman–Crippen MR) is 98.2 cm³/mol. The van der Waals surface area contributed by atoms with Gasteiger partial charge in [-0.25, -0.2) is 0 Å². The molecule has 0 amide bonds. The fourth-order valence-electron chi connectivity index (χ4n) is 2.39. The lowest BCUT2D eigenvalue weighted by Crippen LogP contribution is -2.17. The maximum absolute atomic E-state index is 6.37. The zero-order valence-electron chi connectivity index (χ0n) is 14.6. The van der Waals surface area contributed by atoms with Gasteiger partial charge in [0.2, 0.25) is 7.98 Å². The van der Waals surface area contributed by atoms with Crippen molar-refractivity contribution < 1.29 is 0 Å². The number of hydrogen-bond donors (Lipinski definition) is 0. The number of nitrogens with zero attached hydrogens (tertiary/aromatic N) is 1. The zero-order chi connectivity index (χ0) is 16.5. The third-order valence-electron chi connectivity index (χ3n) is 3.98. The van der Waals surface area contributed by atoms with Gasteiger partial charge >= 0.3 is 0 Å². The first-order valence-corrected chi connectivity index (χ1v) is 7.85. The van der Waals surface area contributed by atoms with Gasteiger partial charge in [-0.2, -0.15) is 0 Å². The first-order valence-electron chi connectivity index (χ1n) is 7.85. The smallest absolute Gasteiger partial charge is 0.234 e. The molecule has 0 heterocycles. The largest absolute Gasteiger partial charge is 0.398 e. The second kappa shape index (κ2) is 5.83. The van der Waals surface area contributed by atoms with E-state index in [1.165, 1.54) is 11.1 Å². The van der Waals surface area contributed by atoms with Crippen molar-refractivity contribution in [3.8, 4) is 0 Å². The Hall–Kier alpha value is -1.70. The van der Waals surface area contributed by atoms with Gasteiger partial charge in [0, 0.05) is 11.4 Å². The molecule has 0 N–H and O–H groups in total. The third-order valence-corrected chi connectivity index (χ3v) is 3.98. The normalized spacial score (nSPS) is 12.3. The molecule has 0 spiro atoms. The number of anilines is 2. The van der Waals surface area contributed by atoms with Crippen LogP contribution in [0.1, 0.15) is 52.7 Å². The topological polar surface area (TPSA) is 3.24 Å². The SMILES string of the molecule is [B]N(c1cccc(C(C)(C)C)c1)c1cccc(C(C)(C)C)c1. The minimum Gasteiger partial charge on any atom is -0.398 e. The highest BCUT2D eigenvalue weighted by Gasteiger charge is 2.17. The Morgan fingerprint density at radius 2 is 1.05 bits per heavy atom. The van der Waals surface area contributed by atoms with Crippen LogP contribution in [0, 0.1) is 0 Å². The van der Waals surface area contributed by atoms with Crippen molar-refractivity contribution in [1.82, 2.24) is 0 Å². The van der Waals surface area contributed by atoms with Gasteiger partial charge in [-0.15, -0.1) is 0 Å². The van der Waals surface area contributed by atoms with Crippen LogP contribution in [0.2, 0.25) is 0 Å². The van der Waals surface area contributed by atoms with Crippen LogP contribution in [0.15, 0.2) is 48.5 Å². The summed E-state index contributed by atoms with van der Waals surface area (Å²) in [6, 6.07) is 16.9. The van der Waals surface area contributed by atoms with Crippen LogP contribution in [-0.2, 0) is 10.8 Å². The molecule has 114 valence electrons. The summed E-state index contributed by atoms with van der Waals surface area (Å²) in [7, 11) is 6.37. The summed E-state index contributed by atoms with van der Waals surface area (Å²) >= 11 is 0. The van der Waals surface area contributed by atoms with Crippen molar-refractivity contribution in [2.75, 3.05) is 4.81 Å². The van der Waals surface area contributed by atoms with Crippen molar-refractivity contribution in [3.05, 3.63) is 59.7 Å². The first kappa shape index (κ1) is 16.7. The quantitative estimate of drug-likeness (QED) is 0.660. The summed E-state index contributed by atoms with van der Waals surface area (Å²) in [4.78, 5) is 1.77. The molecular weight excluding hydrogens is 265 g/mol. The van der Waals surface area contributed by atoms with Gasteiger partial charge in [-0.1, -0.05) is 65.8 Å². The molecule has 0 fully saturated rings. The van der Waals surface area contributed by atoms with Crippen LogP contribution < -0.4 is 4.81 Å². The second-order valence-electron chi connectivity index (χ2n) is 7.97. The molecule has 0 aliphatic carbocycles. The highest BCUT2D eigenvalue weighted by Crippen LogP contribution is 2.31. The Balaban J connectivity index is 2.38. The fraction of sp³-hybridized carbons (Fsp3) is 0.400. The van der Waals surface area contributed by atoms with E-state index in [2.05, 4.69) is 90.1 Å². The monoisotopic (exact) mass is 291 g/mol. The van der Waals surface area contributed by atoms with Crippen LogP contribution in [0.3, 0.4) is 0 Å². The Morgan fingerprint density at radius 3 is 1.36 bits per heavy atom. The Morgan fingerprint density at radius 1 is 0.682 bits per heavy atom. The van der Waals surface area contributed by atoms with Crippen molar-refractivity contribution >= 4 is 19.4 Å². The maximum atomic E-state index is 6.37. The average Bonchev–Trinajstić information content (AvgIpc) is 2.45. The molecule has 2 aromatic rings. The Kier molecular flexibility index (Phi) is 4.42. The van der Waals surface area contributed by atoms with E-state index in [4.69, 9.17) is 7.98 Å². The molecular formula is C20H26BN. The molecule has 0 aliphatic heterocycles. The van der Waals surface area contributed by atoms with Gasteiger partial charge in [0.1, 0.15) is 0 Å². The van der Waals surface area contributed by atoms with E-state index < -0.39 is 0 Å². The number of benzene rings is 2. The molecule has 0 aliphatic rings. The third kappa shape index (κ3) is 3.74. The molecule has 2 aromatic carbocycles. The molecule has 0 saturated heterocycles. The van der Waals surface area contributed by atoms with Crippen molar-refractivity contribution in [2.24, 2.45) is 0 Å². The lowest BCUT2D eigenvalue weighted by molar-refractivity contribution is 0.590. The van der Waals surface area contributed by atoms with E-state index in [0.29, 0.717) is 0 Å². The fourth-order valence-corrected chi connectivity index (χ4v) is 2.39. The highest BCUT2D eigenvalue weighted by atomic mass is 15.0. The summed E-state index contributed by atoms with van der Waals surface area (Å²) in [5, 5.41) is 0. The highest BCUT2D eigenvalue weighted by molar-refractivity contribution is 6.22. The lowest BCUT2D eigenvalue weighted by atomic mass is 9.86. The van der Waals surface area contributed by atoms with E-state index in [-0.39, 0.29) is 10.8 Å². The predicted octanol–water partition coefficient (Wildman–Crippen LogP) is 5.50.